The van der Waals surface area contributed by atoms with Crippen LogP contribution in [0.2, 0.25) is 0 Å². The number of ether oxygens (including phenoxy) is 1. The Labute approximate surface area is 241 Å². The maximum Gasteiger partial charge on any atom is 0.161 e. The number of benzene rings is 3. The minimum Gasteiger partial charge on any atom is -0.383 e. The van der Waals surface area contributed by atoms with Crippen molar-refractivity contribution in [2.45, 2.75) is 57.9 Å². The number of allylic oxidation sites excluding steroid dienone is 4. The Hall–Kier alpha value is -3.96. The van der Waals surface area contributed by atoms with E-state index < -0.39 is 0 Å². The van der Waals surface area contributed by atoms with E-state index in [9.17, 15) is 9.59 Å². The number of hydrogen-bond donors (Lipinski definition) is 0. The maximum atomic E-state index is 13.8. The number of methoxy groups -OCH3 is 1. The fourth-order valence-electron chi connectivity index (χ4n) is 7.44. The molecule has 41 heavy (non-hydrogen) atoms. The fraction of sp³-hybridized carbons (Fsp3) is 0.333. The van der Waals surface area contributed by atoms with Crippen LogP contribution in [0.5, 0.6) is 0 Å². The summed E-state index contributed by atoms with van der Waals surface area (Å²) in [5.41, 5.74) is 8.66. The number of aromatic nitrogens is 1. The molecule has 2 aliphatic carbocycles. The second-order valence-corrected chi connectivity index (χ2v) is 11.7. The van der Waals surface area contributed by atoms with Crippen LogP contribution in [0, 0.1) is 6.92 Å². The third-order valence-corrected chi connectivity index (χ3v) is 9.34. The lowest BCUT2D eigenvalue weighted by Crippen LogP contribution is -2.40. The highest BCUT2D eigenvalue weighted by Gasteiger charge is 2.44. The number of rotatable bonds is 6. The zero-order valence-electron chi connectivity index (χ0n) is 23.9. The van der Waals surface area contributed by atoms with Gasteiger partial charge in [0.1, 0.15) is 0 Å². The Kier molecular flexibility index (Phi) is 6.63. The maximum absolute atomic E-state index is 13.8. The summed E-state index contributed by atoms with van der Waals surface area (Å²) >= 11 is 0. The molecule has 208 valence electrons. The Morgan fingerprint density at radius 2 is 1.46 bits per heavy atom. The van der Waals surface area contributed by atoms with Gasteiger partial charge in [0.25, 0.3) is 0 Å². The number of para-hydroxylation sites is 1. The molecule has 0 fully saturated rings. The van der Waals surface area contributed by atoms with Gasteiger partial charge in [0, 0.05) is 78.6 Å². The van der Waals surface area contributed by atoms with Gasteiger partial charge in [-0.3, -0.25) is 9.59 Å². The third-order valence-electron chi connectivity index (χ3n) is 9.34. The van der Waals surface area contributed by atoms with Crippen LogP contribution in [-0.4, -0.2) is 41.3 Å². The number of hydrogen-bond acceptors (Lipinski definition) is 4. The van der Waals surface area contributed by atoms with Gasteiger partial charge in [-0.2, -0.15) is 0 Å². The standard InChI is InChI=1S/C36H36N2O3/c1-23-17-18-24-9-3-4-10-25(24)27(23)21-37-22-28(26-11-5-6-12-29(26)37)34-35-30(13-7-15-32(35)39)38(19-20-41-2)31-14-8-16-33(40)36(31)34/h3-6,9-12,17-18,22,34H,7-8,13-16,19-21H2,1-2H3. The van der Waals surface area contributed by atoms with Crippen molar-refractivity contribution in [2.75, 3.05) is 20.3 Å². The first kappa shape index (κ1) is 26.0. The monoisotopic (exact) mass is 544 g/mol. The minimum atomic E-state index is -0.320. The molecule has 5 heteroatoms. The first-order valence-corrected chi connectivity index (χ1v) is 14.9. The van der Waals surface area contributed by atoms with Crippen LogP contribution in [-0.2, 0) is 20.9 Å². The van der Waals surface area contributed by atoms with Crippen LogP contribution >= 0.6 is 0 Å². The minimum absolute atomic E-state index is 0.185. The largest absolute Gasteiger partial charge is 0.383 e. The molecule has 0 atom stereocenters. The molecule has 7 rings (SSSR count). The molecule has 0 amide bonds. The number of carbonyl (C=O) groups excluding carboxylic acids is 2. The van der Waals surface area contributed by atoms with Gasteiger partial charge in [0.15, 0.2) is 11.6 Å². The topological polar surface area (TPSA) is 51.5 Å². The van der Waals surface area contributed by atoms with Gasteiger partial charge in [-0.25, -0.2) is 0 Å². The van der Waals surface area contributed by atoms with E-state index in [1.54, 1.807) is 7.11 Å². The van der Waals surface area contributed by atoms with Crippen molar-refractivity contribution < 1.29 is 14.3 Å². The van der Waals surface area contributed by atoms with Crippen LogP contribution in [0.1, 0.15) is 61.1 Å². The van der Waals surface area contributed by atoms with Crippen LogP contribution < -0.4 is 0 Å². The van der Waals surface area contributed by atoms with Crippen LogP contribution in [0.15, 0.2) is 89.4 Å². The summed E-state index contributed by atoms with van der Waals surface area (Å²) in [5, 5.41) is 3.62. The number of aryl methyl sites for hydroxylation is 1. The van der Waals surface area contributed by atoms with Crippen molar-refractivity contribution in [1.82, 2.24) is 9.47 Å². The summed E-state index contributed by atoms with van der Waals surface area (Å²) in [7, 11) is 1.71. The summed E-state index contributed by atoms with van der Waals surface area (Å²) in [6, 6.07) is 21.4. The average Bonchev–Trinajstić information content (AvgIpc) is 3.35. The molecule has 0 radical (unpaired) electrons. The molecule has 1 aromatic heterocycles. The number of carbonyl (C=O) groups is 2. The number of Topliss-reactive ketones (excluding diaryl/α,β-unsaturated/α-hetero) is 2. The molecular weight excluding hydrogens is 508 g/mol. The Morgan fingerprint density at radius 3 is 2.17 bits per heavy atom. The van der Waals surface area contributed by atoms with Crippen LogP contribution in [0.4, 0.5) is 0 Å². The fourth-order valence-corrected chi connectivity index (χ4v) is 7.44. The van der Waals surface area contributed by atoms with E-state index in [0.29, 0.717) is 26.0 Å². The molecule has 0 spiro atoms. The molecule has 3 aromatic carbocycles. The van der Waals surface area contributed by atoms with Crippen molar-refractivity contribution in [3.05, 3.63) is 106 Å². The molecular formula is C36H36N2O3. The highest BCUT2D eigenvalue weighted by atomic mass is 16.5. The lowest BCUT2D eigenvalue weighted by molar-refractivity contribution is -0.117. The lowest BCUT2D eigenvalue weighted by atomic mass is 9.71. The van der Waals surface area contributed by atoms with Crippen molar-refractivity contribution in [2.24, 2.45) is 0 Å². The zero-order chi connectivity index (χ0) is 28.1. The van der Waals surface area contributed by atoms with Gasteiger partial charge in [-0.15, -0.1) is 0 Å². The molecule has 5 nitrogen and oxygen atoms in total. The molecule has 0 saturated heterocycles. The smallest absolute Gasteiger partial charge is 0.161 e. The molecule has 0 N–H and O–H groups in total. The van der Waals surface area contributed by atoms with Gasteiger partial charge in [-0.1, -0.05) is 54.6 Å². The van der Waals surface area contributed by atoms with Gasteiger partial charge in [-0.05, 0) is 66.1 Å². The Bertz CT molecular complexity index is 1730. The van der Waals surface area contributed by atoms with E-state index in [1.165, 1.54) is 21.9 Å². The molecule has 0 bridgehead atoms. The SMILES string of the molecule is COCCN1C2=C(C(=O)CCC2)C(c2cn(Cc3c(C)ccc4ccccc34)c3ccccc23)C2=C1CCCC2=O. The zero-order valence-corrected chi connectivity index (χ0v) is 23.9. The lowest BCUT2D eigenvalue weighted by Gasteiger charge is -2.43. The van der Waals surface area contributed by atoms with Gasteiger partial charge in [0.2, 0.25) is 0 Å². The third kappa shape index (κ3) is 4.26. The van der Waals surface area contributed by atoms with E-state index in [2.05, 4.69) is 83.3 Å². The molecule has 4 aromatic rings. The van der Waals surface area contributed by atoms with E-state index in [0.717, 1.165) is 71.2 Å². The molecule has 0 saturated carbocycles. The first-order valence-electron chi connectivity index (χ1n) is 14.9. The molecule has 2 heterocycles. The molecule has 1 aliphatic heterocycles. The summed E-state index contributed by atoms with van der Waals surface area (Å²) in [5.74, 6) is 0.0507. The second kappa shape index (κ2) is 10.5. The first-order chi connectivity index (χ1) is 20.1. The summed E-state index contributed by atoms with van der Waals surface area (Å²) in [6.07, 6.45) is 6.75. The number of fused-ring (bicyclic) bond motifs is 2. The van der Waals surface area contributed by atoms with Crippen molar-refractivity contribution in [3.63, 3.8) is 0 Å². The molecule has 0 unspecified atom stereocenters. The van der Waals surface area contributed by atoms with E-state index in [-0.39, 0.29) is 17.5 Å². The highest BCUT2D eigenvalue weighted by molar-refractivity contribution is 6.07. The second-order valence-electron chi connectivity index (χ2n) is 11.7. The van der Waals surface area contributed by atoms with Crippen molar-refractivity contribution in [3.8, 4) is 0 Å². The number of nitrogens with zero attached hydrogens (tertiary/aromatic N) is 2. The summed E-state index contributed by atoms with van der Waals surface area (Å²) < 4.78 is 7.80. The van der Waals surface area contributed by atoms with E-state index in [4.69, 9.17) is 4.74 Å². The van der Waals surface area contributed by atoms with Crippen molar-refractivity contribution >= 4 is 33.2 Å². The summed E-state index contributed by atoms with van der Waals surface area (Å²) in [4.78, 5) is 29.8. The molecule has 3 aliphatic rings. The summed E-state index contributed by atoms with van der Waals surface area (Å²) in [6.45, 7) is 4.13. The van der Waals surface area contributed by atoms with Gasteiger partial charge >= 0.3 is 0 Å². The van der Waals surface area contributed by atoms with Gasteiger partial charge < -0.3 is 14.2 Å². The normalized spacial score (nSPS) is 18.0. The number of ketones is 2. The van der Waals surface area contributed by atoms with E-state index >= 15 is 0 Å². The average molecular weight is 545 g/mol. The highest BCUT2D eigenvalue weighted by Crippen LogP contribution is 2.50. The van der Waals surface area contributed by atoms with Gasteiger partial charge in [0.05, 0.1) is 6.61 Å². The Morgan fingerprint density at radius 1 is 0.805 bits per heavy atom. The predicted octanol–water partition coefficient (Wildman–Crippen LogP) is 7.21. The van der Waals surface area contributed by atoms with E-state index in [1.807, 2.05) is 0 Å². The van der Waals surface area contributed by atoms with Crippen molar-refractivity contribution in [1.29, 1.82) is 0 Å². The predicted molar refractivity (Wildman–Crippen MR) is 163 cm³/mol. The van der Waals surface area contributed by atoms with Crippen LogP contribution in [0.25, 0.3) is 21.7 Å². The Balaban J connectivity index is 1.44. The quantitative estimate of drug-likeness (QED) is 0.257. The van der Waals surface area contributed by atoms with Crippen LogP contribution in [0.3, 0.4) is 0 Å².